The molecule has 0 heterocycles. The van der Waals surface area contributed by atoms with E-state index in [9.17, 15) is 9.59 Å². The van der Waals surface area contributed by atoms with Crippen LogP contribution in [0.5, 0.6) is 0 Å². The quantitative estimate of drug-likeness (QED) is 0.537. The summed E-state index contributed by atoms with van der Waals surface area (Å²) in [4.78, 5) is 22.3. The maximum atomic E-state index is 11.2. The van der Waals surface area contributed by atoms with Crippen molar-refractivity contribution in [2.45, 2.75) is 38.3 Å². The van der Waals surface area contributed by atoms with E-state index in [1.165, 1.54) is 0 Å². The zero-order valence-corrected chi connectivity index (χ0v) is 8.38. The lowest BCUT2D eigenvalue weighted by Crippen LogP contribution is -2.44. The highest BCUT2D eigenvalue weighted by molar-refractivity contribution is 5.87. The summed E-state index contributed by atoms with van der Waals surface area (Å²) >= 11 is 0. The Hall–Kier alpha value is -1.10. The van der Waals surface area contributed by atoms with Crippen molar-refractivity contribution in [1.82, 2.24) is 10.6 Å². The van der Waals surface area contributed by atoms with Gasteiger partial charge in [0.15, 0.2) is 0 Å². The Bertz CT molecular complexity index is 226. The third-order valence-electron chi connectivity index (χ3n) is 2.14. The molecule has 0 radical (unpaired) electrons. The monoisotopic (exact) mass is 199 g/mol. The van der Waals surface area contributed by atoms with Crippen molar-refractivity contribution in [3.8, 4) is 0 Å². The first-order valence-corrected chi connectivity index (χ1v) is 4.96. The summed E-state index contributed by atoms with van der Waals surface area (Å²) in [7, 11) is 0. The van der Waals surface area contributed by atoms with E-state index in [-0.39, 0.29) is 18.4 Å². The third-order valence-corrected chi connectivity index (χ3v) is 2.14. The van der Waals surface area contributed by atoms with E-state index in [0.717, 1.165) is 12.8 Å². The molecule has 0 saturated heterocycles. The SMILES string of the molecule is CC[C@H](N)C(=O)NCC(=O)NC1CC1. The first-order chi connectivity index (χ1) is 6.63. The van der Waals surface area contributed by atoms with Gasteiger partial charge < -0.3 is 16.4 Å². The minimum atomic E-state index is -0.510. The van der Waals surface area contributed by atoms with Gasteiger partial charge in [-0.15, -0.1) is 0 Å². The maximum absolute atomic E-state index is 11.2. The van der Waals surface area contributed by atoms with Gasteiger partial charge in [-0.1, -0.05) is 6.92 Å². The summed E-state index contributed by atoms with van der Waals surface area (Å²) in [6.07, 6.45) is 2.68. The zero-order chi connectivity index (χ0) is 10.6. The average Bonchev–Trinajstić information content (AvgIpc) is 2.96. The van der Waals surface area contributed by atoms with Crippen LogP contribution in [0.15, 0.2) is 0 Å². The zero-order valence-electron chi connectivity index (χ0n) is 8.38. The van der Waals surface area contributed by atoms with E-state index in [4.69, 9.17) is 5.73 Å². The van der Waals surface area contributed by atoms with Crippen molar-refractivity contribution >= 4 is 11.8 Å². The fourth-order valence-corrected chi connectivity index (χ4v) is 0.990. The van der Waals surface area contributed by atoms with Crippen LogP contribution in [0.3, 0.4) is 0 Å². The van der Waals surface area contributed by atoms with Crippen molar-refractivity contribution < 1.29 is 9.59 Å². The topological polar surface area (TPSA) is 84.2 Å². The molecule has 5 nitrogen and oxygen atoms in total. The lowest BCUT2D eigenvalue weighted by molar-refractivity contribution is -0.126. The van der Waals surface area contributed by atoms with Crippen molar-refractivity contribution in [2.75, 3.05) is 6.54 Å². The Kier molecular flexibility index (Phi) is 3.88. The molecule has 2 amide bonds. The summed E-state index contributed by atoms with van der Waals surface area (Å²) < 4.78 is 0. The van der Waals surface area contributed by atoms with E-state index in [1.807, 2.05) is 6.92 Å². The van der Waals surface area contributed by atoms with Gasteiger partial charge >= 0.3 is 0 Å². The average molecular weight is 199 g/mol. The molecule has 5 heteroatoms. The highest BCUT2D eigenvalue weighted by atomic mass is 16.2. The van der Waals surface area contributed by atoms with E-state index in [1.54, 1.807) is 0 Å². The van der Waals surface area contributed by atoms with Crippen LogP contribution in [0.1, 0.15) is 26.2 Å². The number of rotatable bonds is 5. The maximum Gasteiger partial charge on any atom is 0.239 e. The van der Waals surface area contributed by atoms with Crippen molar-refractivity contribution in [2.24, 2.45) is 5.73 Å². The number of nitrogens with two attached hydrogens (primary N) is 1. The summed E-state index contributed by atoms with van der Waals surface area (Å²) in [5.41, 5.74) is 5.47. The molecule has 0 aromatic carbocycles. The fraction of sp³-hybridized carbons (Fsp3) is 0.778. The molecule has 0 aromatic heterocycles. The molecule has 14 heavy (non-hydrogen) atoms. The Morgan fingerprint density at radius 2 is 2.14 bits per heavy atom. The van der Waals surface area contributed by atoms with Crippen LogP contribution >= 0.6 is 0 Å². The Morgan fingerprint density at radius 1 is 1.50 bits per heavy atom. The van der Waals surface area contributed by atoms with Crippen LogP contribution in [0, 0.1) is 0 Å². The van der Waals surface area contributed by atoms with Crippen molar-refractivity contribution in [1.29, 1.82) is 0 Å². The molecule has 4 N–H and O–H groups in total. The van der Waals surface area contributed by atoms with Crippen LogP contribution in [-0.4, -0.2) is 30.4 Å². The van der Waals surface area contributed by atoms with Gasteiger partial charge in [-0.05, 0) is 19.3 Å². The lowest BCUT2D eigenvalue weighted by atomic mass is 10.2. The standard InChI is InChI=1S/C9H17N3O2/c1-2-7(10)9(14)11-5-8(13)12-6-3-4-6/h6-7H,2-5,10H2,1H3,(H,11,14)(H,12,13)/t7-/m0/s1. The smallest absolute Gasteiger partial charge is 0.239 e. The van der Waals surface area contributed by atoms with Crippen LogP contribution in [-0.2, 0) is 9.59 Å². The third kappa shape index (κ3) is 3.74. The molecule has 1 rings (SSSR count). The molecular weight excluding hydrogens is 182 g/mol. The van der Waals surface area contributed by atoms with Gasteiger partial charge in [0.05, 0.1) is 12.6 Å². The number of hydrogen-bond acceptors (Lipinski definition) is 3. The minimum absolute atomic E-state index is 0.0308. The highest BCUT2D eigenvalue weighted by Crippen LogP contribution is 2.18. The summed E-state index contributed by atoms with van der Waals surface area (Å²) in [6, 6.07) is -0.178. The van der Waals surface area contributed by atoms with Gasteiger partial charge in [0.25, 0.3) is 0 Å². The van der Waals surface area contributed by atoms with E-state index >= 15 is 0 Å². The largest absolute Gasteiger partial charge is 0.352 e. The van der Waals surface area contributed by atoms with Crippen LogP contribution in [0.4, 0.5) is 0 Å². The van der Waals surface area contributed by atoms with Gasteiger partial charge in [-0.3, -0.25) is 9.59 Å². The second-order valence-corrected chi connectivity index (χ2v) is 3.57. The predicted molar refractivity (Wildman–Crippen MR) is 52.4 cm³/mol. The molecular formula is C9H17N3O2. The Labute approximate surface area is 83.4 Å². The van der Waals surface area contributed by atoms with Gasteiger partial charge in [0.1, 0.15) is 0 Å². The molecule has 0 aliphatic heterocycles. The molecule has 80 valence electrons. The minimum Gasteiger partial charge on any atom is -0.352 e. The molecule has 1 aliphatic rings. The molecule has 1 saturated carbocycles. The second-order valence-electron chi connectivity index (χ2n) is 3.57. The summed E-state index contributed by atoms with van der Waals surface area (Å²) in [5, 5.41) is 5.26. The normalized spacial score (nSPS) is 17.3. The molecule has 1 fully saturated rings. The molecule has 0 spiro atoms. The van der Waals surface area contributed by atoms with Gasteiger partial charge in [-0.25, -0.2) is 0 Å². The van der Waals surface area contributed by atoms with E-state index < -0.39 is 6.04 Å². The van der Waals surface area contributed by atoms with Crippen LogP contribution < -0.4 is 16.4 Å². The summed E-state index contributed by atoms with van der Waals surface area (Å²) in [5.74, 6) is -0.400. The first-order valence-electron chi connectivity index (χ1n) is 4.96. The highest BCUT2D eigenvalue weighted by Gasteiger charge is 2.23. The number of amides is 2. The van der Waals surface area contributed by atoms with E-state index in [0.29, 0.717) is 12.5 Å². The molecule has 1 atom stereocenters. The lowest BCUT2D eigenvalue weighted by Gasteiger charge is -2.09. The molecule has 0 unspecified atom stereocenters. The Morgan fingerprint density at radius 3 is 2.64 bits per heavy atom. The summed E-state index contributed by atoms with van der Waals surface area (Å²) in [6.45, 7) is 1.86. The number of carbonyl (C=O) groups is 2. The fourth-order valence-electron chi connectivity index (χ4n) is 0.990. The first kappa shape index (κ1) is 11.0. The molecule has 0 aromatic rings. The van der Waals surface area contributed by atoms with Gasteiger partial charge in [-0.2, -0.15) is 0 Å². The molecule has 1 aliphatic carbocycles. The number of carbonyl (C=O) groups excluding carboxylic acids is 2. The van der Waals surface area contributed by atoms with E-state index in [2.05, 4.69) is 10.6 Å². The van der Waals surface area contributed by atoms with Gasteiger partial charge in [0, 0.05) is 6.04 Å². The Balaban J connectivity index is 2.11. The molecule has 0 bridgehead atoms. The number of hydrogen-bond donors (Lipinski definition) is 3. The number of nitrogens with one attached hydrogen (secondary N) is 2. The van der Waals surface area contributed by atoms with Crippen LogP contribution in [0.25, 0.3) is 0 Å². The predicted octanol–water partition coefficient (Wildman–Crippen LogP) is -0.881. The van der Waals surface area contributed by atoms with Gasteiger partial charge in [0.2, 0.25) is 11.8 Å². The van der Waals surface area contributed by atoms with Crippen molar-refractivity contribution in [3.63, 3.8) is 0 Å². The van der Waals surface area contributed by atoms with Crippen LogP contribution in [0.2, 0.25) is 0 Å². The second kappa shape index (κ2) is 4.95. The van der Waals surface area contributed by atoms with Crippen molar-refractivity contribution in [3.05, 3.63) is 0 Å².